The van der Waals surface area contributed by atoms with Gasteiger partial charge in [-0.25, -0.2) is 0 Å². The summed E-state index contributed by atoms with van der Waals surface area (Å²) >= 11 is 0. The van der Waals surface area contributed by atoms with E-state index in [4.69, 9.17) is 0 Å². The van der Waals surface area contributed by atoms with Gasteiger partial charge in [-0.2, -0.15) is 0 Å². The maximum absolute atomic E-state index is 12.3. The van der Waals surface area contributed by atoms with Crippen LogP contribution in [0.4, 0.5) is 0 Å². The van der Waals surface area contributed by atoms with Gasteiger partial charge in [0.15, 0.2) is 0 Å². The Labute approximate surface area is 135 Å². The highest BCUT2D eigenvalue weighted by Crippen LogP contribution is 2.65. The molecule has 1 heteroatoms. The SMILES string of the molecule is O=C1CC2C3CCCC3C3CC4CCCCCCC4C3C2C1. The van der Waals surface area contributed by atoms with E-state index in [-0.39, 0.29) is 0 Å². The third-order valence-corrected chi connectivity index (χ3v) is 8.73. The Kier molecular flexibility index (Phi) is 3.42. The van der Waals surface area contributed by atoms with Crippen molar-refractivity contribution in [1.29, 1.82) is 0 Å². The molecule has 0 aromatic heterocycles. The lowest BCUT2D eigenvalue weighted by molar-refractivity contribution is -0.117. The van der Waals surface area contributed by atoms with Crippen LogP contribution in [0.3, 0.4) is 0 Å². The molecule has 0 aromatic carbocycles. The number of Topliss-reactive ketones (excluding diaryl/α,β-unsaturated/α-hetero) is 1. The number of carbonyl (C=O) groups excluding carboxylic acids is 1. The summed E-state index contributed by atoms with van der Waals surface area (Å²) in [5, 5.41) is 0. The minimum atomic E-state index is 0.621. The molecule has 0 bridgehead atoms. The van der Waals surface area contributed by atoms with Crippen LogP contribution in [0.5, 0.6) is 0 Å². The number of carbonyl (C=O) groups is 1. The van der Waals surface area contributed by atoms with Gasteiger partial charge in [0.05, 0.1) is 0 Å². The van der Waals surface area contributed by atoms with E-state index >= 15 is 0 Å². The van der Waals surface area contributed by atoms with Gasteiger partial charge in [0.1, 0.15) is 5.78 Å². The maximum Gasteiger partial charge on any atom is 0.133 e. The zero-order chi connectivity index (χ0) is 14.7. The number of hydrogen-bond donors (Lipinski definition) is 0. The molecule has 0 heterocycles. The van der Waals surface area contributed by atoms with Crippen LogP contribution in [0, 0.1) is 47.3 Å². The Morgan fingerprint density at radius 1 is 0.591 bits per heavy atom. The average Bonchev–Trinajstić information content (AvgIpc) is 3.14. The van der Waals surface area contributed by atoms with Crippen LogP contribution in [0.1, 0.15) is 77.0 Å². The third kappa shape index (κ3) is 1.99. The third-order valence-electron chi connectivity index (χ3n) is 8.73. The summed E-state index contributed by atoms with van der Waals surface area (Å²) in [6, 6.07) is 0. The maximum atomic E-state index is 12.3. The molecular formula is C21H32O. The molecule has 5 aliphatic carbocycles. The van der Waals surface area contributed by atoms with E-state index in [1.165, 1.54) is 57.8 Å². The molecule has 1 nitrogen and oxygen atoms in total. The van der Waals surface area contributed by atoms with Crippen LogP contribution < -0.4 is 0 Å². The summed E-state index contributed by atoms with van der Waals surface area (Å²) in [4.78, 5) is 12.3. The Morgan fingerprint density at radius 2 is 1.27 bits per heavy atom. The average molecular weight is 300 g/mol. The molecule has 0 saturated heterocycles. The summed E-state index contributed by atoms with van der Waals surface area (Å²) in [6.07, 6.45) is 16.8. The predicted octanol–water partition coefficient (Wildman–Crippen LogP) is 5.23. The minimum Gasteiger partial charge on any atom is -0.300 e. The van der Waals surface area contributed by atoms with Gasteiger partial charge in [-0.3, -0.25) is 4.79 Å². The molecule has 5 fully saturated rings. The molecule has 5 rings (SSSR count). The number of rotatable bonds is 0. The first-order valence-electron chi connectivity index (χ1n) is 10.3. The molecule has 22 heavy (non-hydrogen) atoms. The molecule has 0 amide bonds. The van der Waals surface area contributed by atoms with Gasteiger partial charge >= 0.3 is 0 Å². The Hall–Kier alpha value is -0.330. The van der Waals surface area contributed by atoms with Crippen LogP contribution in [-0.2, 0) is 4.79 Å². The van der Waals surface area contributed by atoms with Crippen molar-refractivity contribution in [3.8, 4) is 0 Å². The molecule has 0 aliphatic heterocycles. The van der Waals surface area contributed by atoms with Gasteiger partial charge in [0.25, 0.3) is 0 Å². The van der Waals surface area contributed by atoms with Crippen molar-refractivity contribution in [2.45, 2.75) is 77.0 Å². The van der Waals surface area contributed by atoms with Gasteiger partial charge < -0.3 is 0 Å². The Balaban J connectivity index is 1.49. The Morgan fingerprint density at radius 3 is 2.14 bits per heavy atom. The molecule has 0 N–H and O–H groups in total. The van der Waals surface area contributed by atoms with E-state index in [9.17, 15) is 4.79 Å². The van der Waals surface area contributed by atoms with Crippen LogP contribution >= 0.6 is 0 Å². The summed E-state index contributed by atoms with van der Waals surface area (Å²) in [6.45, 7) is 0. The number of hydrogen-bond acceptors (Lipinski definition) is 1. The fraction of sp³-hybridized carbons (Fsp3) is 0.952. The van der Waals surface area contributed by atoms with E-state index < -0.39 is 0 Å². The Bertz CT molecular complexity index is 455. The minimum absolute atomic E-state index is 0.621. The summed E-state index contributed by atoms with van der Waals surface area (Å²) in [5.74, 6) is 8.22. The van der Waals surface area contributed by atoms with Crippen molar-refractivity contribution in [3.05, 3.63) is 0 Å². The highest BCUT2D eigenvalue weighted by atomic mass is 16.1. The molecule has 122 valence electrons. The van der Waals surface area contributed by atoms with Crippen LogP contribution in [0.15, 0.2) is 0 Å². The highest BCUT2D eigenvalue weighted by molar-refractivity contribution is 5.81. The van der Waals surface area contributed by atoms with E-state index in [2.05, 4.69) is 0 Å². The first kappa shape index (κ1) is 14.1. The van der Waals surface area contributed by atoms with Crippen LogP contribution in [-0.4, -0.2) is 5.78 Å². The van der Waals surface area contributed by atoms with Gasteiger partial charge in [-0.05, 0) is 73.0 Å². The molecule has 0 aromatic rings. The van der Waals surface area contributed by atoms with Crippen LogP contribution in [0.2, 0.25) is 0 Å². The second-order valence-corrected chi connectivity index (χ2v) is 9.43. The fourth-order valence-corrected chi connectivity index (χ4v) is 8.19. The van der Waals surface area contributed by atoms with E-state index in [0.29, 0.717) is 5.78 Å². The zero-order valence-corrected chi connectivity index (χ0v) is 14.0. The number of ketones is 1. The normalized spacial score (nSPS) is 54.1. The lowest BCUT2D eigenvalue weighted by Crippen LogP contribution is -2.42. The summed E-state index contributed by atoms with van der Waals surface area (Å²) in [7, 11) is 0. The summed E-state index contributed by atoms with van der Waals surface area (Å²) < 4.78 is 0. The van der Waals surface area contributed by atoms with Crippen molar-refractivity contribution >= 4 is 5.78 Å². The van der Waals surface area contributed by atoms with Crippen molar-refractivity contribution in [2.75, 3.05) is 0 Å². The predicted molar refractivity (Wildman–Crippen MR) is 88.3 cm³/mol. The second kappa shape index (κ2) is 5.35. The fourth-order valence-electron chi connectivity index (χ4n) is 8.19. The molecular weight excluding hydrogens is 268 g/mol. The lowest BCUT2D eigenvalue weighted by Gasteiger charge is -2.47. The van der Waals surface area contributed by atoms with E-state index in [1.54, 1.807) is 6.42 Å². The van der Waals surface area contributed by atoms with Gasteiger partial charge in [0.2, 0.25) is 0 Å². The molecule has 5 saturated carbocycles. The molecule has 8 unspecified atom stereocenters. The largest absolute Gasteiger partial charge is 0.300 e. The lowest BCUT2D eigenvalue weighted by atomic mass is 9.58. The quantitative estimate of drug-likeness (QED) is 0.598. The molecule has 8 atom stereocenters. The first-order valence-corrected chi connectivity index (χ1v) is 10.3. The highest BCUT2D eigenvalue weighted by Gasteiger charge is 2.59. The van der Waals surface area contributed by atoms with E-state index in [0.717, 1.165) is 60.2 Å². The smallest absolute Gasteiger partial charge is 0.133 e. The van der Waals surface area contributed by atoms with Crippen LogP contribution in [0.25, 0.3) is 0 Å². The van der Waals surface area contributed by atoms with Crippen molar-refractivity contribution in [1.82, 2.24) is 0 Å². The standard InChI is InChI=1S/C21H32O/c22-14-11-18-16-8-5-9-17(16)19-10-13-6-3-1-2-4-7-15(13)21(19)20(18)12-14/h13,15-21H,1-12H2. The molecule has 5 aliphatic rings. The van der Waals surface area contributed by atoms with Gasteiger partial charge in [0, 0.05) is 12.8 Å². The topological polar surface area (TPSA) is 17.1 Å². The van der Waals surface area contributed by atoms with Crippen molar-refractivity contribution in [3.63, 3.8) is 0 Å². The number of fused-ring (bicyclic) bond motifs is 8. The van der Waals surface area contributed by atoms with Gasteiger partial charge in [-0.15, -0.1) is 0 Å². The monoisotopic (exact) mass is 300 g/mol. The molecule has 0 radical (unpaired) electrons. The zero-order valence-electron chi connectivity index (χ0n) is 14.0. The first-order chi connectivity index (χ1) is 10.8. The molecule has 0 spiro atoms. The second-order valence-electron chi connectivity index (χ2n) is 9.43. The van der Waals surface area contributed by atoms with Gasteiger partial charge in [-0.1, -0.05) is 38.5 Å². The van der Waals surface area contributed by atoms with Crippen molar-refractivity contribution < 1.29 is 4.79 Å². The summed E-state index contributed by atoms with van der Waals surface area (Å²) in [5.41, 5.74) is 0. The van der Waals surface area contributed by atoms with E-state index in [1.807, 2.05) is 0 Å². The van der Waals surface area contributed by atoms with Crippen molar-refractivity contribution in [2.24, 2.45) is 47.3 Å².